The lowest BCUT2D eigenvalue weighted by Crippen LogP contribution is -2.38. The molecule has 2 aliphatic rings. The first-order chi connectivity index (χ1) is 25.7. The second kappa shape index (κ2) is 12.3. The molecule has 0 N–H and O–H groups in total. The van der Waals surface area contributed by atoms with Gasteiger partial charge in [-0.1, -0.05) is 146 Å². The molecule has 248 valence electrons. The molecule has 2 atom stereocenters. The molecule has 10 rings (SSSR count). The van der Waals surface area contributed by atoms with Crippen molar-refractivity contribution in [2.45, 2.75) is 19.0 Å². The molecule has 0 radical (unpaired) electrons. The number of imidazole rings is 1. The van der Waals surface area contributed by atoms with Gasteiger partial charge in [-0.05, 0) is 47.7 Å². The van der Waals surface area contributed by atoms with E-state index in [1.54, 1.807) is 0 Å². The van der Waals surface area contributed by atoms with E-state index < -0.39 is 0 Å². The summed E-state index contributed by atoms with van der Waals surface area (Å²) in [7, 11) is 0. The van der Waals surface area contributed by atoms with Gasteiger partial charge in [-0.2, -0.15) is 0 Å². The topological polar surface area (TPSA) is 46.3 Å². The Hall–Kier alpha value is -6.59. The van der Waals surface area contributed by atoms with Gasteiger partial charge in [0, 0.05) is 39.7 Å². The van der Waals surface area contributed by atoms with Crippen LogP contribution in [-0.2, 0) is 0 Å². The van der Waals surface area contributed by atoms with Gasteiger partial charge in [-0.15, -0.1) is 0 Å². The van der Waals surface area contributed by atoms with E-state index in [1.807, 2.05) is 6.07 Å². The van der Waals surface area contributed by atoms with Crippen molar-refractivity contribution in [2.75, 3.05) is 6.54 Å². The van der Waals surface area contributed by atoms with E-state index in [2.05, 4.69) is 180 Å². The van der Waals surface area contributed by atoms with Crippen molar-refractivity contribution in [3.8, 4) is 39.5 Å². The molecule has 0 saturated carbocycles. The summed E-state index contributed by atoms with van der Waals surface area (Å²) in [4.78, 5) is 18.2. The molecule has 5 heteroatoms. The third kappa shape index (κ3) is 4.89. The summed E-state index contributed by atoms with van der Waals surface area (Å²) in [6, 6.07) is 52.0. The molecule has 0 fully saturated rings. The summed E-state index contributed by atoms with van der Waals surface area (Å²) < 4.78 is 2.27. The van der Waals surface area contributed by atoms with E-state index in [0.29, 0.717) is 6.04 Å². The highest BCUT2D eigenvalue weighted by atomic mass is 15.3. The van der Waals surface area contributed by atoms with Crippen LogP contribution in [0.25, 0.3) is 72.2 Å². The van der Waals surface area contributed by atoms with Crippen molar-refractivity contribution in [1.29, 1.82) is 0 Å². The Morgan fingerprint density at radius 2 is 1.21 bits per heavy atom. The number of aromatic nitrogens is 3. The monoisotopic (exact) mass is 669 g/mol. The van der Waals surface area contributed by atoms with Crippen LogP contribution in [0.15, 0.2) is 175 Å². The van der Waals surface area contributed by atoms with Crippen molar-refractivity contribution in [1.82, 2.24) is 19.4 Å². The van der Waals surface area contributed by atoms with Crippen LogP contribution >= 0.6 is 0 Å². The molecule has 1 aliphatic heterocycles. The molecule has 1 aliphatic carbocycles. The van der Waals surface area contributed by atoms with Gasteiger partial charge in [0.1, 0.15) is 11.7 Å². The van der Waals surface area contributed by atoms with Gasteiger partial charge >= 0.3 is 0 Å². The zero-order valence-corrected chi connectivity index (χ0v) is 28.8. The first kappa shape index (κ1) is 30.3. The van der Waals surface area contributed by atoms with E-state index in [-0.39, 0.29) is 6.04 Å². The Balaban J connectivity index is 1.10. The number of para-hydroxylation sites is 2. The van der Waals surface area contributed by atoms with Crippen molar-refractivity contribution >= 4 is 38.5 Å². The summed E-state index contributed by atoms with van der Waals surface area (Å²) in [5.74, 6) is 1.98. The van der Waals surface area contributed by atoms with Gasteiger partial charge in [-0.3, -0.25) is 9.56 Å². The normalized spacial score (nSPS) is 16.6. The van der Waals surface area contributed by atoms with Gasteiger partial charge < -0.3 is 4.90 Å². The number of hydrogen-bond acceptors (Lipinski definition) is 4. The molecule has 0 spiro atoms. The lowest BCUT2D eigenvalue weighted by Gasteiger charge is -2.27. The zero-order valence-electron chi connectivity index (χ0n) is 28.8. The molecule has 0 amide bonds. The van der Waals surface area contributed by atoms with Crippen LogP contribution in [0.3, 0.4) is 0 Å². The maximum Gasteiger partial charge on any atom is 0.145 e. The third-order valence-electron chi connectivity index (χ3n) is 10.5. The van der Waals surface area contributed by atoms with Crippen LogP contribution in [-0.4, -0.2) is 43.9 Å². The molecule has 8 aromatic rings. The van der Waals surface area contributed by atoms with Crippen LogP contribution in [0, 0.1) is 0 Å². The quantitative estimate of drug-likeness (QED) is 0.166. The summed E-state index contributed by atoms with van der Waals surface area (Å²) in [6.07, 6.45) is 8.70. The smallest absolute Gasteiger partial charge is 0.145 e. The van der Waals surface area contributed by atoms with E-state index >= 15 is 0 Å². The van der Waals surface area contributed by atoms with Gasteiger partial charge in [0.2, 0.25) is 0 Å². The summed E-state index contributed by atoms with van der Waals surface area (Å²) in [5.41, 5.74) is 10.6. The van der Waals surface area contributed by atoms with Crippen LogP contribution in [0.5, 0.6) is 0 Å². The van der Waals surface area contributed by atoms with Gasteiger partial charge in [0.25, 0.3) is 0 Å². The second-order valence-electron chi connectivity index (χ2n) is 13.5. The Kier molecular flexibility index (Phi) is 7.17. The summed E-state index contributed by atoms with van der Waals surface area (Å²) in [6.45, 7) is 3.13. The number of pyridine rings is 1. The van der Waals surface area contributed by atoms with Gasteiger partial charge in [0.05, 0.1) is 34.3 Å². The Labute approximate surface area is 302 Å². The highest BCUT2D eigenvalue weighted by molar-refractivity contribution is 6.20. The zero-order chi connectivity index (χ0) is 34.6. The maximum atomic E-state index is 5.42. The minimum absolute atomic E-state index is 0.185. The number of fused-ring (bicyclic) bond motifs is 6. The van der Waals surface area contributed by atoms with E-state index in [9.17, 15) is 0 Å². The van der Waals surface area contributed by atoms with Crippen molar-refractivity contribution < 1.29 is 0 Å². The Morgan fingerprint density at radius 1 is 0.558 bits per heavy atom. The molecular weight excluding hydrogens is 635 g/mol. The average Bonchev–Trinajstić information content (AvgIpc) is 3.80. The number of amidine groups is 1. The molecule has 3 heterocycles. The Bertz CT molecular complexity index is 2700. The largest absolute Gasteiger partial charge is 0.348 e. The highest BCUT2D eigenvalue weighted by Crippen LogP contribution is 2.40. The van der Waals surface area contributed by atoms with Crippen molar-refractivity contribution in [3.05, 3.63) is 175 Å². The molecule has 0 bridgehead atoms. The first-order valence-corrected chi connectivity index (χ1v) is 18.0. The lowest BCUT2D eigenvalue weighted by atomic mass is 9.96. The number of hydrogen-bond donors (Lipinski definition) is 0. The minimum atomic E-state index is 0.185. The maximum absolute atomic E-state index is 5.42. The third-order valence-corrected chi connectivity index (χ3v) is 10.5. The molecule has 52 heavy (non-hydrogen) atoms. The summed E-state index contributed by atoms with van der Waals surface area (Å²) >= 11 is 0. The first-order valence-electron chi connectivity index (χ1n) is 18.0. The molecule has 6 aromatic carbocycles. The van der Waals surface area contributed by atoms with Gasteiger partial charge in [-0.25, -0.2) is 9.97 Å². The predicted molar refractivity (Wildman–Crippen MR) is 215 cm³/mol. The van der Waals surface area contributed by atoms with Gasteiger partial charge in [0.15, 0.2) is 0 Å². The van der Waals surface area contributed by atoms with Crippen LogP contribution in [0.1, 0.15) is 12.5 Å². The molecular formula is C47H35N5. The fourth-order valence-electron chi connectivity index (χ4n) is 7.99. The van der Waals surface area contributed by atoms with Crippen LogP contribution in [0.2, 0.25) is 0 Å². The number of rotatable bonds is 6. The predicted octanol–water partition coefficient (Wildman–Crippen LogP) is 10.7. The molecule has 2 unspecified atom stereocenters. The number of benzene rings is 6. The van der Waals surface area contributed by atoms with Crippen LogP contribution < -0.4 is 0 Å². The standard InChI is InChI=1S/C47H35N5/c1-2-51-41-20-12-11-19-40(41)49-46(51)35-27-23-32(24-28-35)31-21-25-33(26-22-31)44-43-38(37-17-9-10-18-39(37)48-44)29-30-42-45(43)50-47(34-13-5-3-6-14-34)52(42)36-15-7-4-8-16-36/h3-30,40-41H,2H2,1H3. The number of nitrogens with zero attached hydrogens (tertiary/aromatic N) is 5. The number of aliphatic imine (C=N–C) groups is 1. The highest BCUT2D eigenvalue weighted by Gasteiger charge is 2.33. The average molecular weight is 670 g/mol. The van der Waals surface area contributed by atoms with Crippen molar-refractivity contribution in [2.24, 2.45) is 4.99 Å². The second-order valence-corrected chi connectivity index (χ2v) is 13.5. The summed E-state index contributed by atoms with van der Waals surface area (Å²) in [5, 5.41) is 3.32. The van der Waals surface area contributed by atoms with E-state index in [1.165, 1.54) is 5.56 Å². The number of allylic oxidation sites excluding steroid dienone is 2. The molecule has 5 nitrogen and oxygen atoms in total. The minimum Gasteiger partial charge on any atom is -0.348 e. The molecule has 2 aromatic heterocycles. The lowest BCUT2D eigenvalue weighted by molar-refractivity contribution is 0.387. The Morgan fingerprint density at radius 3 is 1.96 bits per heavy atom. The fourth-order valence-corrected chi connectivity index (χ4v) is 7.99. The fraction of sp³-hybridized carbons (Fsp3) is 0.0851. The van der Waals surface area contributed by atoms with Crippen LogP contribution in [0.4, 0.5) is 0 Å². The van der Waals surface area contributed by atoms with E-state index in [4.69, 9.17) is 15.0 Å². The molecule has 0 saturated heterocycles. The van der Waals surface area contributed by atoms with E-state index in [0.717, 1.165) is 84.5 Å². The number of likely N-dealkylation sites (N-methyl/N-ethyl adjacent to an activating group) is 1. The van der Waals surface area contributed by atoms with Crippen molar-refractivity contribution in [3.63, 3.8) is 0 Å². The SMILES string of the molecule is CCN1C(c2ccc(-c3ccc(-c4nc5ccccc5c5ccc6c(nc(-c7ccccc7)n6-c6ccccc6)c45)cc3)cc2)=NC2C=CC=CC21.